The van der Waals surface area contributed by atoms with Gasteiger partial charge in [-0.3, -0.25) is 9.78 Å². The van der Waals surface area contributed by atoms with Crippen molar-refractivity contribution in [2.75, 3.05) is 6.54 Å². The quantitative estimate of drug-likeness (QED) is 0.560. The molecule has 0 unspecified atom stereocenters. The smallest absolute Gasteiger partial charge is 0.253 e. The first-order chi connectivity index (χ1) is 13.6. The Balaban J connectivity index is 1.59. The molecule has 142 valence electrons. The zero-order valence-electron chi connectivity index (χ0n) is 16.0. The molecule has 4 heterocycles. The van der Waals surface area contributed by atoms with E-state index in [0.29, 0.717) is 24.6 Å². The van der Waals surface area contributed by atoms with E-state index in [2.05, 4.69) is 33.7 Å². The summed E-state index contributed by atoms with van der Waals surface area (Å²) in [5.74, 6) is -0.0887. The van der Waals surface area contributed by atoms with E-state index in [1.165, 1.54) is 0 Å². The lowest BCUT2D eigenvalue weighted by Gasteiger charge is -2.04. The third-order valence-electron chi connectivity index (χ3n) is 4.77. The average Bonchev–Trinajstić information content (AvgIpc) is 3.34. The van der Waals surface area contributed by atoms with E-state index in [1.54, 1.807) is 6.20 Å². The Morgan fingerprint density at radius 3 is 2.75 bits per heavy atom. The second-order valence-corrected chi connectivity index (χ2v) is 7.03. The van der Waals surface area contributed by atoms with Gasteiger partial charge in [-0.1, -0.05) is 12.1 Å². The molecule has 0 aliphatic carbocycles. The van der Waals surface area contributed by atoms with Crippen molar-refractivity contribution in [1.29, 1.82) is 0 Å². The maximum Gasteiger partial charge on any atom is 0.253 e. The fourth-order valence-electron chi connectivity index (χ4n) is 3.23. The first-order valence-electron chi connectivity index (χ1n) is 9.45. The number of pyridine rings is 2. The third kappa shape index (κ3) is 3.53. The highest BCUT2D eigenvalue weighted by molar-refractivity contribution is 6.02. The van der Waals surface area contributed by atoms with Crippen LogP contribution in [0.3, 0.4) is 0 Å². The lowest BCUT2D eigenvalue weighted by atomic mass is 10.2. The Bertz CT molecular complexity index is 1090. The number of amides is 1. The van der Waals surface area contributed by atoms with Crippen molar-refractivity contribution in [2.45, 2.75) is 26.3 Å². The summed E-state index contributed by atoms with van der Waals surface area (Å²) in [5, 5.41) is 3.01. The second kappa shape index (κ2) is 7.68. The first kappa shape index (κ1) is 18.0. The summed E-state index contributed by atoms with van der Waals surface area (Å²) in [5.41, 5.74) is 4.24. The van der Waals surface area contributed by atoms with Crippen LogP contribution in [0.5, 0.6) is 0 Å². The number of imidazole rings is 1. The molecule has 0 bridgehead atoms. The number of hydrogen-bond acceptors (Lipinski definition) is 3. The van der Waals surface area contributed by atoms with Gasteiger partial charge in [0.15, 0.2) is 0 Å². The maximum absolute atomic E-state index is 12.8. The minimum atomic E-state index is -0.0887. The molecule has 0 saturated carbocycles. The minimum absolute atomic E-state index is 0.0887. The molecule has 6 heteroatoms. The molecule has 0 saturated heterocycles. The van der Waals surface area contributed by atoms with Gasteiger partial charge in [0.05, 0.1) is 23.1 Å². The molecule has 1 N–H and O–H groups in total. The molecule has 0 radical (unpaired) electrons. The fourth-order valence-corrected chi connectivity index (χ4v) is 3.23. The predicted octanol–water partition coefficient (Wildman–Crippen LogP) is 3.75. The van der Waals surface area contributed by atoms with E-state index in [1.807, 2.05) is 65.6 Å². The maximum atomic E-state index is 12.8. The van der Waals surface area contributed by atoms with Gasteiger partial charge in [-0.15, -0.1) is 0 Å². The molecular formula is C22H23N5O. The van der Waals surface area contributed by atoms with Crippen LogP contribution in [0.1, 0.15) is 35.9 Å². The summed E-state index contributed by atoms with van der Waals surface area (Å²) >= 11 is 0. The number of rotatable bonds is 6. The summed E-state index contributed by atoms with van der Waals surface area (Å²) in [6, 6.07) is 13.9. The van der Waals surface area contributed by atoms with Crippen molar-refractivity contribution in [1.82, 2.24) is 24.3 Å². The van der Waals surface area contributed by atoms with Gasteiger partial charge < -0.3 is 14.3 Å². The Hall–Kier alpha value is -3.41. The second-order valence-electron chi connectivity index (χ2n) is 7.03. The molecular weight excluding hydrogens is 350 g/mol. The number of hydrogen-bond donors (Lipinski definition) is 1. The third-order valence-corrected chi connectivity index (χ3v) is 4.77. The molecule has 0 spiro atoms. The molecule has 6 nitrogen and oxygen atoms in total. The normalized spacial score (nSPS) is 11.2. The minimum Gasteiger partial charge on any atom is -0.352 e. The Morgan fingerprint density at radius 2 is 2.00 bits per heavy atom. The van der Waals surface area contributed by atoms with E-state index in [9.17, 15) is 4.79 Å². The van der Waals surface area contributed by atoms with Gasteiger partial charge in [-0.05, 0) is 44.2 Å². The number of nitrogens with one attached hydrogen (secondary N) is 1. The summed E-state index contributed by atoms with van der Waals surface area (Å²) < 4.78 is 4.07. The van der Waals surface area contributed by atoms with E-state index < -0.39 is 0 Å². The Labute approximate surface area is 163 Å². The summed E-state index contributed by atoms with van der Waals surface area (Å²) in [7, 11) is 0. The molecule has 4 rings (SSSR count). The molecule has 1 amide bonds. The highest BCUT2D eigenvalue weighted by Crippen LogP contribution is 2.25. The van der Waals surface area contributed by atoms with Crippen molar-refractivity contribution < 1.29 is 4.79 Å². The number of carbonyl (C=O) groups is 1. The molecule has 4 aromatic heterocycles. The van der Waals surface area contributed by atoms with Crippen molar-refractivity contribution >= 4 is 11.4 Å². The van der Waals surface area contributed by atoms with Gasteiger partial charge in [-0.2, -0.15) is 0 Å². The van der Waals surface area contributed by atoms with E-state index >= 15 is 0 Å². The summed E-state index contributed by atoms with van der Waals surface area (Å²) in [6.45, 7) is 4.77. The van der Waals surface area contributed by atoms with Crippen LogP contribution in [0, 0.1) is 0 Å². The van der Waals surface area contributed by atoms with Crippen molar-refractivity contribution in [3.05, 3.63) is 78.6 Å². The predicted molar refractivity (Wildman–Crippen MR) is 109 cm³/mol. The van der Waals surface area contributed by atoms with Gasteiger partial charge in [0, 0.05) is 43.3 Å². The molecule has 0 aliphatic heterocycles. The molecule has 0 aliphatic rings. The van der Waals surface area contributed by atoms with Crippen LogP contribution in [0.2, 0.25) is 0 Å². The van der Waals surface area contributed by atoms with Crippen LogP contribution in [-0.2, 0) is 6.42 Å². The molecule has 4 aromatic rings. The summed E-state index contributed by atoms with van der Waals surface area (Å²) in [6.07, 6.45) is 8.27. The number of carbonyl (C=O) groups excluding carboxylic acids is 1. The van der Waals surface area contributed by atoms with Crippen molar-refractivity contribution in [3.8, 4) is 11.4 Å². The molecule has 28 heavy (non-hydrogen) atoms. The topological polar surface area (TPSA) is 64.2 Å². The van der Waals surface area contributed by atoms with Crippen LogP contribution in [0.15, 0.2) is 67.4 Å². The van der Waals surface area contributed by atoms with Gasteiger partial charge in [0.25, 0.3) is 5.91 Å². The highest BCUT2D eigenvalue weighted by Gasteiger charge is 2.17. The average molecular weight is 373 g/mol. The lowest BCUT2D eigenvalue weighted by molar-refractivity contribution is 0.0956. The van der Waals surface area contributed by atoms with Crippen LogP contribution in [0.4, 0.5) is 0 Å². The monoisotopic (exact) mass is 373 g/mol. The number of aromatic nitrogens is 4. The SMILES string of the molecule is CC(C)n1cnc(-c2cc(C(=O)NCCc3ccccn3)c3ccccn23)c1. The number of nitrogens with zero attached hydrogens (tertiary/aromatic N) is 4. The van der Waals surface area contributed by atoms with Gasteiger partial charge in [-0.25, -0.2) is 4.98 Å². The molecule has 0 atom stereocenters. The molecule has 0 aromatic carbocycles. The summed E-state index contributed by atoms with van der Waals surface area (Å²) in [4.78, 5) is 21.7. The van der Waals surface area contributed by atoms with Gasteiger partial charge in [0.1, 0.15) is 5.69 Å². The van der Waals surface area contributed by atoms with Crippen molar-refractivity contribution in [2.24, 2.45) is 0 Å². The Morgan fingerprint density at radius 1 is 1.14 bits per heavy atom. The Kier molecular flexibility index (Phi) is 4.93. The van der Waals surface area contributed by atoms with Gasteiger partial charge in [0.2, 0.25) is 0 Å². The van der Waals surface area contributed by atoms with Gasteiger partial charge >= 0.3 is 0 Å². The highest BCUT2D eigenvalue weighted by atomic mass is 16.1. The van der Waals surface area contributed by atoms with E-state index in [4.69, 9.17) is 0 Å². The van der Waals surface area contributed by atoms with Crippen LogP contribution < -0.4 is 5.32 Å². The van der Waals surface area contributed by atoms with E-state index in [0.717, 1.165) is 22.6 Å². The fraction of sp³-hybridized carbons (Fsp3) is 0.227. The standard InChI is InChI=1S/C22H23N5O/c1-16(2)26-14-19(25-15-26)21-13-18(20-8-4-6-12-27(20)21)22(28)24-11-9-17-7-3-5-10-23-17/h3-8,10,12-16H,9,11H2,1-2H3,(H,24,28). The van der Waals surface area contributed by atoms with Crippen molar-refractivity contribution in [3.63, 3.8) is 0 Å². The lowest BCUT2D eigenvalue weighted by Crippen LogP contribution is -2.25. The zero-order valence-corrected chi connectivity index (χ0v) is 16.0. The molecule has 0 fully saturated rings. The van der Waals surface area contributed by atoms with E-state index in [-0.39, 0.29) is 5.91 Å². The largest absolute Gasteiger partial charge is 0.352 e. The zero-order chi connectivity index (χ0) is 19.5. The van der Waals surface area contributed by atoms with Crippen LogP contribution in [0.25, 0.3) is 16.9 Å². The van der Waals surface area contributed by atoms with Crippen LogP contribution >= 0.6 is 0 Å². The first-order valence-corrected chi connectivity index (χ1v) is 9.45. The van der Waals surface area contributed by atoms with Crippen LogP contribution in [-0.4, -0.2) is 31.4 Å². The number of fused-ring (bicyclic) bond motifs is 1.